The summed E-state index contributed by atoms with van der Waals surface area (Å²) < 4.78 is 57.5. The minimum Gasteiger partial charge on any atom is -0.426 e. The van der Waals surface area contributed by atoms with Gasteiger partial charge in [-0.15, -0.1) is 5.17 Å². The Hall–Kier alpha value is -3.42. The maximum Gasteiger partial charge on any atom is 0.509 e. The minimum atomic E-state index is -4.49. The number of benzene rings is 1. The molecule has 2 N–H and O–H groups in total. The highest BCUT2D eigenvalue weighted by atomic mass is 32.2. The van der Waals surface area contributed by atoms with E-state index in [-0.39, 0.29) is 28.9 Å². The molecule has 1 saturated heterocycles. The van der Waals surface area contributed by atoms with E-state index in [9.17, 15) is 27.6 Å². The fraction of sp³-hybridized carbons (Fsp3) is 0.176. The molecule has 2 aromatic rings. The van der Waals surface area contributed by atoms with Crippen molar-refractivity contribution in [3.05, 3.63) is 53.9 Å². The monoisotopic (exact) mass is 440 g/mol. The molecule has 1 amide bonds. The highest BCUT2D eigenvalue weighted by Crippen LogP contribution is 2.31. The number of fused-ring (bicyclic) bond motifs is 1. The molecule has 13 heteroatoms. The number of hydrogen-bond acceptors (Lipinski definition) is 9. The average molecular weight is 440 g/mol. The number of carbonyl (C=O) groups excluding carboxylic acids is 2. The summed E-state index contributed by atoms with van der Waals surface area (Å²) in [6.07, 6.45) is -1.15. The molecule has 1 aromatic heterocycles. The molecule has 0 saturated carbocycles. The third kappa shape index (κ3) is 3.98. The van der Waals surface area contributed by atoms with Gasteiger partial charge in [0.15, 0.2) is 12.2 Å². The molecular formula is C17H13FN2O9S. The number of nitrogens with zero attached hydrogens (tertiary/aromatic N) is 1. The summed E-state index contributed by atoms with van der Waals surface area (Å²) >= 11 is 0. The van der Waals surface area contributed by atoms with Crippen molar-refractivity contribution in [1.29, 1.82) is 0 Å². The first kappa shape index (κ1) is 19.9. The zero-order valence-corrected chi connectivity index (χ0v) is 15.7. The summed E-state index contributed by atoms with van der Waals surface area (Å²) in [7, 11) is -4.49. The van der Waals surface area contributed by atoms with Crippen LogP contribution in [0.4, 0.5) is 9.18 Å². The van der Waals surface area contributed by atoms with Crippen LogP contribution in [0, 0.1) is 5.82 Å². The third-order valence-corrected chi connectivity index (χ3v) is 5.32. The second kappa shape index (κ2) is 7.44. The molecule has 1 aliphatic heterocycles. The van der Waals surface area contributed by atoms with Gasteiger partial charge in [-0.25, -0.2) is 17.6 Å². The number of ether oxygens (including phenoxy) is 3. The molecule has 11 nitrogen and oxygen atoms in total. The number of furan rings is 1. The first-order valence-electron chi connectivity index (χ1n) is 8.38. The molecule has 0 radical (unpaired) electrons. The van der Waals surface area contributed by atoms with Crippen molar-refractivity contribution >= 4 is 22.1 Å². The first-order chi connectivity index (χ1) is 14.2. The van der Waals surface area contributed by atoms with Gasteiger partial charge in [0, 0.05) is 24.1 Å². The van der Waals surface area contributed by atoms with E-state index in [2.05, 4.69) is 0 Å². The Morgan fingerprint density at radius 1 is 1.20 bits per heavy atom. The fourth-order valence-electron chi connectivity index (χ4n) is 2.80. The lowest BCUT2D eigenvalue weighted by atomic mass is 10.2. The molecule has 2 unspecified atom stereocenters. The SMILES string of the molecule is O=C1OC2C=C(C(=O)N(O)NS(=O)(=O)c3ccc(Oc4ccc(F)cc4)o3)CC2O1. The molecule has 1 fully saturated rings. The van der Waals surface area contributed by atoms with Crippen LogP contribution in [-0.4, -0.2) is 43.1 Å². The largest absolute Gasteiger partial charge is 0.509 e. The maximum absolute atomic E-state index is 12.9. The van der Waals surface area contributed by atoms with Gasteiger partial charge in [0.1, 0.15) is 11.6 Å². The van der Waals surface area contributed by atoms with Crippen LogP contribution in [0.25, 0.3) is 0 Å². The van der Waals surface area contributed by atoms with Crippen LogP contribution < -0.4 is 9.57 Å². The molecule has 1 aliphatic carbocycles. The quantitative estimate of drug-likeness (QED) is 0.390. The van der Waals surface area contributed by atoms with Crippen LogP contribution in [0.2, 0.25) is 0 Å². The molecule has 2 heterocycles. The van der Waals surface area contributed by atoms with Gasteiger partial charge in [0.25, 0.3) is 21.9 Å². The van der Waals surface area contributed by atoms with Gasteiger partial charge < -0.3 is 18.6 Å². The Balaban J connectivity index is 1.41. The highest BCUT2D eigenvalue weighted by molar-refractivity contribution is 7.89. The lowest BCUT2D eigenvalue weighted by Crippen LogP contribution is -2.44. The van der Waals surface area contributed by atoms with E-state index in [1.54, 1.807) is 4.83 Å². The molecule has 0 bridgehead atoms. The number of amides is 1. The van der Waals surface area contributed by atoms with Crippen molar-refractivity contribution in [3.8, 4) is 11.7 Å². The van der Waals surface area contributed by atoms with Gasteiger partial charge in [0.05, 0.1) is 0 Å². The second-order valence-corrected chi connectivity index (χ2v) is 7.82. The van der Waals surface area contributed by atoms with E-state index < -0.39 is 45.2 Å². The number of carbonyl (C=O) groups is 2. The predicted octanol–water partition coefficient (Wildman–Crippen LogP) is 1.86. The minimum absolute atomic E-state index is 0.0116. The molecule has 2 atom stereocenters. The summed E-state index contributed by atoms with van der Waals surface area (Å²) in [5.41, 5.74) is -0.0116. The van der Waals surface area contributed by atoms with Crippen molar-refractivity contribution < 1.29 is 46.2 Å². The van der Waals surface area contributed by atoms with Gasteiger partial charge in [-0.2, -0.15) is 0 Å². The Bertz CT molecular complexity index is 1130. The average Bonchev–Trinajstić information content (AvgIpc) is 3.37. The van der Waals surface area contributed by atoms with Crippen LogP contribution in [0.5, 0.6) is 11.7 Å². The summed E-state index contributed by atoms with van der Waals surface area (Å²) in [6.45, 7) is 0. The molecule has 1 aromatic carbocycles. The van der Waals surface area contributed by atoms with Crippen molar-refractivity contribution in [1.82, 2.24) is 10.0 Å². The van der Waals surface area contributed by atoms with E-state index in [1.165, 1.54) is 24.3 Å². The highest BCUT2D eigenvalue weighted by Gasteiger charge is 2.43. The van der Waals surface area contributed by atoms with Crippen LogP contribution in [-0.2, 0) is 24.3 Å². The van der Waals surface area contributed by atoms with Gasteiger partial charge >= 0.3 is 6.16 Å². The van der Waals surface area contributed by atoms with Crippen LogP contribution in [0.1, 0.15) is 6.42 Å². The number of hydrazine groups is 1. The summed E-state index contributed by atoms with van der Waals surface area (Å²) in [6, 6.07) is 7.13. The zero-order chi connectivity index (χ0) is 21.5. The Morgan fingerprint density at radius 2 is 1.93 bits per heavy atom. The van der Waals surface area contributed by atoms with Crippen molar-refractivity contribution in [2.24, 2.45) is 0 Å². The van der Waals surface area contributed by atoms with Crippen molar-refractivity contribution in [3.63, 3.8) is 0 Å². The van der Waals surface area contributed by atoms with Crippen LogP contribution in [0.15, 0.2) is 57.6 Å². The normalized spacial score (nSPS) is 20.2. The molecule has 158 valence electrons. The molecular weight excluding hydrogens is 427 g/mol. The lowest BCUT2D eigenvalue weighted by Gasteiger charge is -2.15. The number of halogens is 1. The maximum atomic E-state index is 12.9. The first-order valence-corrected chi connectivity index (χ1v) is 9.86. The zero-order valence-electron chi connectivity index (χ0n) is 14.8. The summed E-state index contributed by atoms with van der Waals surface area (Å²) in [5, 5.41) is 8.97. The molecule has 2 aliphatic rings. The van der Waals surface area contributed by atoms with E-state index in [0.29, 0.717) is 0 Å². The number of hydroxylamine groups is 1. The Kier molecular flexibility index (Phi) is 4.93. The number of sulfonamides is 1. The Labute approximate surface area is 168 Å². The fourth-order valence-corrected chi connectivity index (χ4v) is 3.64. The molecule has 4 rings (SSSR count). The van der Waals surface area contributed by atoms with Crippen LogP contribution in [0.3, 0.4) is 0 Å². The standard InChI is InChI=1S/C17H13FN2O9S/c18-10-1-3-11(4-2-10)26-14-5-6-15(29-14)30(24,25)19-20(23)16(21)9-7-12-13(8-9)28-17(22)27-12/h1-7,12-13,19,23H,8H2. The van der Waals surface area contributed by atoms with Crippen molar-refractivity contribution in [2.45, 2.75) is 23.7 Å². The predicted molar refractivity (Wildman–Crippen MR) is 92.0 cm³/mol. The molecule has 0 spiro atoms. The van der Waals surface area contributed by atoms with Gasteiger partial charge in [-0.1, -0.05) is 4.83 Å². The topological polar surface area (TPSA) is 145 Å². The van der Waals surface area contributed by atoms with E-state index in [4.69, 9.17) is 18.6 Å². The lowest BCUT2D eigenvalue weighted by molar-refractivity contribution is -0.167. The van der Waals surface area contributed by atoms with E-state index >= 15 is 0 Å². The number of hydrogen-bond donors (Lipinski definition) is 2. The number of rotatable bonds is 6. The summed E-state index contributed by atoms with van der Waals surface area (Å²) in [4.78, 5) is 24.9. The van der Waals surface area contributed by atoms with E-state index in [1.807, 2.05) is 0 Å². The van der Waals surface area contributed by atoms with E-state index in [0.717, 1.165) is 18.2 Å². The van der Waals surface area contributed by atoms with Crippen molar-refractivity contribution in [2.75, 3.05) is 0 Å². The molecule has 30 heavy (non-hydrogen) atoms. The van der Waals surface area contributed by atoms with Gasteiger partial charge in [-0.05, 0) is 30.3 Å². The van der Waals surface area contributed by atoms with Gasteiger partial charge in [-0.3, -0.25) is 10.0 Å². The van der Waals surface area contributed by atoms with Crippen LogP contribution >= 0.6 is 0 Å². The number of nitrogens with one attached hydrogen (secondary N) is 1. The third-order valence-electron chi connectivity index (χ3n) is 4.16. The van der Waals surface area contributed by atoms with Gasteiger partial charge in [0.2, 0.25) is 5.09 Å². The Morgan fingerprint density at radius 3 is 2.63 bits per heavy atom. The summed E-state index contributed by atoms with van der Waals surface area (Å²) in [5.74, 6) is -1.58. The second-order valence-electron chi connectivity index (χ2n) is 6.23. The smallest absolute Gasteiger partial charge is 0.426 e.